The molecule has 1 amide bonds. The number of non-ortho nitro benzene ring substituents is 1. The number of nitro groups is 1. The van der Waals surface area contributed by atoms with E-state index in [1.54, 1.807) is 37.3 Å². The highest BCUT2D eigenvalue weighted by Crippen LogP contribution is 2.24. The molecule has 27 heavy (non-hydrogen) atoms. The second-order valence-corrected chi connectivity index (χ2v) is 5.58. The van der Waals surface area contributed by atoms with Gasteiger partial charge in [0.1, 0.15) is 0 Å². The van der Waals surface area contributed by atoms with Crippen molar-refractivity contribution >= 4 is 35.0 Å². The van der Waals surface area contributed by atoms with Crippen molar-refractivity contribution in [2.45, 2.75) is 13.3 Å². The molecule has 3 N–H and O–H groups in total. The van der Waals surface area contributed by atoms with Gasteiger partial charge < -0.3 is 15.8 Å². The average molecular weight is 369 g/mol. The fourth-order valence-corrected chi connectivity index (χ4v) is 2.25. The first-order valence-corrected chi connectivity index (χ1v) is 8.16. The van der Waals surface area contributed by atoms with Crippen LogP contribution >= 0.6 is 0 Å². The van der Waals surface area contributed by atoms with Gasteiger partial charge in [-0.15, -0.1) is 0 Å². The standard InChI is InChI=1S/C19H19N3O5/c1-2-27-19(24)10-7-13-3-5-14(6-4-13)11-18(23)21-17-12-15(22(25)26)8-9-16(17)20/h3-10,12H,2,11,20H2,1H3,(H,21,23). The highest BCUT2D eigenvalue weighted by Gasteiger charge is 2.12. The first kappa shape index (κ1) is 19.6. The Morgan fingerprint density at radius 1 is 1.22 bits per heavy atom. The second kappa shape index (κ2) is 9.14. The summed E-state index contributed by atoms with van der Waals surface area (Å²) in [6, 6.07) is 10.9. The maximum absolute atomic E-state index is 12.2. The summed E-state index contributed by atoms with van der Waals surface area (Å²) in [7, 11) is 0. The van der Waals surface area contributed by atoms with Crippen LogP contribution in [0.4, 0.5) is 17.1 Å². The zero-order valence-electron chi connectivity index (χ0n) is 14.7. The normalized spacial score (nSPS) is 10.6. The van der Waals surface area contributed by atoms with E-state index in [-0.39, 0.29) is 29.4 Å². The summed E-state index contributed by atoms with van der Waals surface area (Å²) in [6.45, 7) is 2.04. The molecule has 0 bridgehead atoms. The molecule has 0 aliphatic heterocycles. The number of nitrogens with one attached hydrogen (secondary N) is 1. The molecule has 0 atom stereocenters. The second-order valence-electron chi connectivity index (χ2n) is 5.58. The lowest BCUT2D eigenvalue weighted by Crippen LogP contribution is -2.15. The Bertz CT molecular complexity index is 875. The number of anilines is 2. The third-order valence-corrected chi connectivity index (χ3v) is 3.56. The summed E-state index contributed by atoms with van der Waals surface area (Å²) in [4.78, 5) is 33.7. The van der Waals surface area contributed by atoms with Crippen LogP contribution in [0.3, 0.4) is 0 Å². The van der Waals surface area contributed by atoms with Crippen LogP contribution < -0.4 is 11.1 Å². The Kier molecular flexibility index (Phi) is 6.65. The molecular formula is C19H19N3O5. The molecule has 2 aromatic rings. The van der Waals surface area contributed by atoms with Crippen LogP contribution in [-0.4, -0.2) is 23.4 Å². The topological polar surface area (TPSA) is 125 Å². The Morgan fingerprint density at radius 3 is 2.56 bits per heavy atom. The van der Waals surface area contributed by atoms with Crippen molar-refractivity contribution in [2.75, 3.05) is 17.7 Å². The Balaban J connectivity index is 1.99. The van der Waals surface area contributed by atoms with Gasteiger partial charge >= 0.3 is 5.97 Å². The molecule has 0 saturated carbocycles. The first-order valence-electron chi connectivity index (χ1n) is 8.16. The number of ether oxygens (including phenoxy) is 1. The molecular weight excluding hydrogens is 350 g/mol. The molecule has 0 spiro atoms. The summed E-state index contributed by atoms with van der Waals surface area (Å²) < 4.78 is 4.80. The van der Waals surface area contributed by atoms with Gasteiger partial charge in [-0.2, -0.15) is 0 Å². The van der Waals surface area contributed by atoms with Crippen molar-refractivity contribution in [3.63, 3.8) is 0 Å². The number of nitrogen functional groups attached to an aromatic ring is 1. The average Bonchev–Trinajstić information content (AvgIpc) is 2.63. The van der Waals surface area contributed by atoms with Crippen LogP contribution in [0.5, 0.6) is 0 Å². The molecule has 8 nitrogen and oxygen atoms in total. The number of nitrogens with zero attached hydrogens (tertiary/aromatic N) is 1. The molecule has 0 heterocycles. The number of hydrogen-bond donors (Lipinski definition) is 2. The van der Waals surface area contributed by atoms with Gasteiger partial charge in [0.2, 0.25) is 5.91 Å². The molecule has 0 fully saturated rings. The van der Waals surface area contributed by atoms with Gasteiger partial charge in [-0.25, -0.2) is 4.79 Å². The third-order valence-electron chi connectivity index (χ3n) is 3.56. The van der Waals surface area contributed by atoms with Gasteiger partial charge in [-0.3, -0.25) is 14.9 Å². The molecule has 0 unspecified atom stereocenters. The number of nitrogens with two attached hydrogens (primary N) is 1. The lowest BCUT2D eigenvalue weighted by atomic mass is 10.1. The minimum Gasteiger partial charge on any atom is -0.463 e. The van der Waals surface area contributed by atoms with Crippen molar-refractivity contribution in [1.29, 1.82) is 0 Å². The SMILES string of the molecule is CCOC(=O)C=Cc1ccc(CC(=O)Nc2cc([N+](=O)[O-])ccc2N)cc1. The molecule has 0 saturated heterocycles. The predicted molar refractivity (Wildman–Crippen MR) is 102 cm³/mol. The third kappa shape index (κ3) is 5.96. The number of carbonyl (C=O) groups is 2. The molecule has 0 aromatic heterocycles. The fourth-order valence-electron chi connectivity index (χ4n) is 2.25. The van der Waals surface area contributed by atoms with Crippen LogP contribution in [0.15, 0.2) is 48.5 Å². The van der Waals surface area contributed by atoms with Crippen molar-refractivity contribution in [3.05, 3.63) is 69.8 Å². The van der Waals surface area contributed by atoms with Gasteiger partial charge in [0.25, 0.3) is 5.69 Å². The Labute approximate surface area is 155 Å². The highest BCUT2D eigenvalue weighted by atomic mass is 16.6. The zero-order valence-corrected chi connectivity index (χ0v) is 14.7. The summed E-state index contributed by atoms with van der Waals surface area (Å²) in [6.07, 6.45) is 3.02. The van der Waals surface area contributed by atoms with Crippen molar-refractivity contribution < 1.29 is 19.2 Å². The monoisotopic (exact) mass is 369 g/mol. The Hall–Kier alpha value is -3.68. The van der Waals surface area contributed by atoms with E-state index in [4.69, 9.17) is 10.5 Å². The van der Waals surface area contributed by atoms with Gasteiger partial charge in [0.15, 0.2) is 0 Å². The predicted octanol–water partition coefficient (Wildman–Crippen LogP) is 2.93. The van der Waals surface area contributed by atoms with E-state index in [1.165, 1.54) is 24.3 Å². The Morgan fingerprint density at radius 2 is 1.93 bits per heavy atom. The highest BCUT2D eigenvalue weighted by molar-refractivity contribution is 5.95. The first-order chi connectivity index (χ1) is 12.9. The van der Waals surface area contributed by atoms with Crippen LogP contribution in [0.1, 0.15) is 18.1 Å². The zero-order chi connectivity index (χ0) is 19.8. The largest absolute Gasteiger partial charge is 0.463 e. The maximum atomic E-state index is 12.2. The van der Waals surface area contributed by atoms with Gasteiger partial charge in [-0.1, -0.05) is 24.3 Å². The fraction of sp³-hybridized carbons (Fsp3) is 0.158. The van der Waals surface area contributed by atoms with E-state index in [1.807, 2.05) is 0 Å². The maximum Gasteiger partial charge on any atom is 0.330 e. The van der Waals surface area contributed by atoms with Crippen molar-refractivity contribution in [2.24, 2.45) is 0 Å². The number of carbonyl (C=O) groups excluding carboxylic acids is 2. The summed E-state index contributed by atoms with van der Waals surface area (Å²) in [5.74, 6) is -0.771. The minimum absolute atomic E-state index is 0.0734. The van der Waals surface area contributed by atoms with E-state index in [0.29, 0.717) is 6.61 Å². The van der Waals surface area contributed by atoms with Gasteiger partial charge in [0.05, 0.1) is 29.3 Å². The molecule has 8 heteroatoms. The smallest absolute Gasteiger partial charge is 0.330 e. The number of amides is 1. The van der Waals surface area contributed by atoms with E-state index >= 15 is 0 Å². The molecule has 0 aliphatic rings. The number of esters is 1. The lowest BCUT2D eigenvalue weighted by molar-refractivity contribution is -0.384. The molecule has 0 aliphatic carbocycles. The minimum atomic E-state index is -0.558. The number of nitro benzene ring substituents is 1. The molecule has 140 valence electrons. The number of benzene rings is 2. The summed E-state index contributed by atoms with van der Waals surface area (Å²) >= 11 is 0. The van der Waals surface area contributed by atoms with E-state index < -0.39 is 10.9 Å². The number of hydrogen-bond acceptors (Lipinski definition) is 6. The van der Waals surface area contributed by atoms with E-state index in [0.717, 1.165) is 11.1 Å². The van der Waals surface area contributed by atoms with Crippen molar-refractivity contribution in [1.82, 2.24) is 0 Å². The van der Waals surface area contributed by atoms with E-state index in [2.05, 4.69) is 5.32 Å². The van der Waals surface area contributed by atoms with Gasteiger partial charge in [0, 0.05) is 18.2 Å². The molecule has 2 aromatic carbocycles. The molecule has 2 rings (SSSR count). The van der Waals surface area contributed by atoms with Crippen LogP contribution in [0.25, 0.3) is 6.08 Å². The summed E-state index contributed by atoms with van der Waals surface area (Å²) in [5.41, 5.74) is 7.56. The number of rotatable bonds is 7. The van der Waals surface area contributed by atoms with Crippen molar-refractivity contribution in [3.8, 4) is 0 Å². The van der Waals surface area contributed by atoms with Crippen LogP contribution in [-0.2, 0) is 20.7 Å². The lowest BCUT2D eigenvalue weighted by Gasteiger charge is -2.08. The quantitative estimate of drug-likeness (QED) is 0.254. The van der Waals surface area contributed by atoms with Crippen LogP contribution in [0.2, 0.25) is 0 Å². The summed E-state index contributed by atoms with van der Waals surface area (Å²) in [5, 5.41) is 13.4. The van der Waals surface area contributed by atoms with Crippen LogP contribution in [0, 0.1) is 10.1 Å². The van der Waals surface area contributed by atoms with Gasteiger partial charge in [-0.05, 0) is 30.2 Å². The molecule has 0 radical (unpaired) electrons. The van der Waals surface area contributed by atoms with E-state index in [9.17, 15) is 19.7 Å².